The highest BCUT2D eigenvalue weighted by Crippen LogP contribution is 2.22. The summed E-state index contributed by atoms with van der Waals surface area (Å²) in [5, 5.41) is 11.9. The second kappa shape index (κ2) is 4.70. The lowest BCUT2D eigenvalue weighted by Crippen LogP contribution is -2.61. The van der Waals surface area contributed by atoms with Gasteiger partial charge in [0.1, 0.15) is 0 Å². The van der Waals surface area contributed by atoms with Crippen LogP contribution in [0.4, 0.5) is 0 Å². The number of rotatable bonds is 2. The van der Waals surface area contributed by atoms with Crippen LogP contribution in [0.3, 0.4) is 0 Å². The molecule has 0 radical (unpaired) electrons. The first-order valence-electron chi connectivity index (χ1n) is 6.07. The second-order valence-corrected chi connectivity index (χ2v) is 4.99. The van der Waals surface area contributed by atoms with Crippen LogP contribution >= 0.6 is 0 Å². The molecule has 2 rings (SSSR count). The van der Waals surface area contributed by atoms with Gasteiger partial charge in [-0.25, -0.2) is 9.79 Å². The molecule has 3 unspecified atom stereocenters. The van der Waals surface area contributed by atoms with E-state index in [4.69, 9.17) is 9.84 Å². The van der Waals surface area contributed by atoms with Gasteiger partial charge < -0.3 is 15.2 Å². The molecule has 2 aliphatic rings. The van der Waals surface area contributed by atoms with E-state index >= 15 is 0 Å². The molecular formula is C12H19N3O3. The predicted octanol–water partition coefficient (Wildman–Crippen LogP) is 0.412. The molecule has 1 fully saturated rings. The first-order chi connectivity index (χ1) is 8.40. The standard InChI is InChI=1S/C12H19N3O3/c1-8-6-15(7-9(2)18-8)12(3)13-4-10(5-14-12)11(16)17/h4-5,8-9,13H,6-7H2,1-3H3,(H,16,17). The lowest BCUT2D eigenvalue weighted by Gasteiger charge is -2.45. The minimum absolute atomic E-state index is 0.146. The van der Waals surface area contributed by atoms with Crippen molar-refractivity contribution in [2.24, 2.45) is 4.99 Å². The molecule has 6 nitrogen and oxygen atoms in total. The van der Waals surface area contributed by atoms with Crippen LogP contribution in [-0.4, -0.2) is 53.3 Å². The van der Waals surface area contributed by atoms with Gasteiger partial charge in [0, 0.05) is 25.5 Å². The quantitative estimate of drug-likeness (QED) is 0.745. The number of nitrogens with zero attached hydrogens (tertiary/aromatic N) is 2. The van der Waals surface area contributed by atoms with E-state index in [1.807, 2.05) is 20.8 Å². The molecule has 0 amide bonds. The van der Waals surface area contributed by atoms with Crippen molar-refractivity contribution in [2.45, 2.75) is 38.8 Å². The molecule has 6 heteroatoms. The number of carboxylic acids is 1. The lowest BCUT2D eigenvalue weighted by molar-refractivity contribution is -0.132. The Kier molecular flexibility index (Phi) is 3.41. The maximum Gasteiger partial charge on any atom is 0.338 e. The van der Waals surface area contributed by atoms with Crippen LogP contribution < -0.4 is 5.32 Å². The largest absolute Gasteiger partial charge is 0.478 e. The van der Waals surface area contributed by atoms with Gasteiger partial charge in [0.15, 0.2) is 5.79 Å². The zero-order valence-corrected chi connectivity index (χ0v) is 10.9. The number of aliphatic imine (C=N–C) groups is 1. The number of aliphatic carboxylic acids is 1. The van der Waals surface area contributed by atoms with Crippen LogP contribution in [-0.2, 0) is 9.53 Å². The smallest absolute Gasteiger partial charge is 0.338 e. The molecule has 0 aromatic heterocycles. The maximum absolute atomic E-state index is 10.8. The summed E-state index contributed by atoms with van der Waals surface area (Å²) in [4.78, 5) is 17.3. The number of hydrogen-bond acceptors (Lipinski definition) is 5. The summed E-state index contributed by atoms with van der Waals surface area (Å²) < 4.78 is 5.68. The molecule has 0 bridgehead atoms. The molecule has 0 aromatic carbocycles. The molecule has 0 aliphatic carbocycles. The lowest BCUT2D eigenvalue weighted by atomic mass is 10.1. The van der Waals surface area contributed by atoms with Crippen molar-refractivity contribution in [3.63, 3.8) is 0 Å². The molecule has 0 aromatic rings. The molecule has 1 saturated heterocycles. The number of ether oxygens (including phenoxy) is 1. The Morgan fingerprint density at radius 2 is 2.17 bits per heavy atom. The molecule has 0 saturated carbocycles. The first kappa shape index (κ1) is 13.0. The summed E-state index contributed by atoms with van der Waals surface area (Å²) >= 11 is 0. The summed E-state index contributed by atoms with van der Waals surface area (Å²) in [5.41, 5.74) is 0.168. The van der Waals surface area contributed by atoms with Gasteiger partial charge in [0.05, 0.1) is 17.8 Å². The molecule has 2 aliphatic heterocycles. The van der Waals surface area contributed by atoms with Gasteiger partial charge in [-0.3, -0.25) is 4.90 Å². The first-order valence-corrected chi connectivity index (χ1v) is 6.07. The Morgan fingerprint density at radius 3 is 2.61 bits per heavy atom. The Bertz CT molecular complexity index is 397. The second-order valence-electron chi connectivity index (χ2n) is 4.99. The summed E-state index contributed by atoms with van der Waals surface area (Å²) in [5.74, 6) is -1.57. The Balaban J connectivity index is 2.10. The van der Waals surface area contributed by atoms with Gasteiger partial charge in [-0.1, -0.05) is 0 Å². The van der Waals surface area contributed by atoms with Gasteiger partial charge in [-0.05, 0) is 20.8 Å². The summed E-state index contributed by atoms with van der Waals surface area (Å²) in [6.45, 7) is 7.51. The topological polar surface area (TPSA) is 74.2 Å². The van der Waals surface area contributed by atoms with Crippen LogP contribution in [0.5, 0.6) is 0 Å². The van der Waals surface area contributed by atoms with Crippen molar-refractivity contribution in [2.75, 3.05) is 13.1 Å². The third kappa shape index (κ3) is 2.54. The number of hydrogen-bond donors (Lipinski definition) is 2. The van der Waals surface area contributed by atoms with Gasteiger partial charge in [-0.2, -0.15) is 0 Å². The molecule has 0 spiro atoms. The highest BCUT2D eigenvalue weighted by molar-refractivity contribution is 6.08. The Labute approximate surface area is 106 Å². The van der Waals surface area contributed by atoms with Crippen molar-refractivity contribution in [1.82, 2.24) is 10.2 Å². The van der Waals surface area contributed by atoms with E-state index < -0.39 is 11.8 Å². The highest BCUT2D eigenvalue weighted by Gasteiger charge is 2.37. The zero-order chi connectivity index (χ0) is 13.3. The van der Waals surface area contributed by atoms with Crippen LogP contribution in [0.25, 0.3) is 0 Å². The SMILES string of the molecule is CC1CN(C2(C)N=CC(C(=O)O)=CN2)CC(C)O1. The third-order valence-electron chi connectivity index (χ3n) is 3.24. The van der Waals surface area contributed by atoms with E-state index in [2.05, 4.69) is 15.2 Å². The predicted molar refractivity (Wildman–Crippen MR) is 67.3 cm³/mol. The third-order valence-corrected chi connectivity index (χ3v) is 3.24. The maximum atomic E-state index is 10.8. The zero-order valence-electron chi connectivity index (χ0n) is 10.9. The van der Waals surface area contributed by atoms with Gasteiger partial charge >= 0.3 is 5.97 Å². The van der Waals surface area contributed by atoms with Crippen molar-refractivity contribution >= 4 is 12.2 Å². The van der Waals surface area contributed by atoms with Gasteiger partial charge in [-0.15, -0.1) is 0 Å². The van der Waals surface area contributed by atoms with Gasteiger partial charge in [0.2, 0.25) is 0 Å². The monoisotopic (exact) mass is 253 g/mol. The van der Waals surface area contributed by atoms with Crippen molar-refractivity contribution in [1.29, 1.82) is 0 Å². The van der Waals surface area contributed by atoms with E-state index in [0.717, 1.165) is 13.1 Å². The normalized spacial score (nSPS) is 36.9. The van der Waals surface area contributed by atoms with Crippen molar-refractivity contribution in [3.05, 3.63) is 11.8 Å². The van der Waals surface area contributed by atoms with E-state index in [0.29, 0.717) is 0 Å². The van der Waals surface area contributed by atoms with Crippen LogP contribution in [0.1, 0.15) is 20.8 Å². The fraction of sp³-hybridized carbons (Fsp3) is 0.667. The van der Waals surface area contributed by atoms with Crippen molar-refractivity contribution in [3.8, 4) is 0 Å². The summed E-state index contributed by atoms with van der Waals surface area (Å²) in [7, 11) is 0. The molecular weight excluding hydrogens is 234 g/mol. The number of carboxylic acid groups (broad SMARTS) is 1. The molecule has 2 N–H and O–H groups in total. The van der Waals surface area contributed by atoms with Crippen molar-refractivity contribution < 1.29 is 14.6 Å². The van der Waals surface area contributed by atoms with Crippen LogP contribution in [0, 0.1) is 0 Å². The minimum Gasteiger partial charge on any atom is -0.478 e. The Morgan fingerprint density at radius 1 is 1.56 bits per heavy atom. The van der Waals surface area contributed by atoms with Crippen LogP contribution in [0.2, 0.25) is 0 Å². The number of carbonyl (C=O) groups is 1. The van der Waals surface area contributed by atoms with Crippen LogP contribution in [0.15, 0.2) is 16.8 Å². The molecule has 2 heterocycles. The molecule has 100 valence electrons. The summed E-state index contributed by atoms with van der Waals surface area (Å²) in [6.07, 6.45) is 3.20. The van der Waals surface area contributed by atoms with E-state index in [-0.39, 0.29) is 17.8 Å². The van der Waals surface area contributed by atoms with Gasteiger partial charge in [0.25, 0.3) is 0 Å². The van der Waals surface area contributed by atoms with E-state index in [1.165, 1.54) is 12.4 Å². The van der Waals surface area contributed by atoms with E-state index in [1.54, 1.807) is 0 Å². The fourth-order valence-electron chi connectivity index (χ4n) is 2.31. The average Bonchev–Trinajstić information content (AvgIpc) is 2.28. The molecule has 3 atom stereocenters. The minimum atomic E-state index is -0.975. The Hall–Kier alpha value is -1.40. The van der Waals surface area contributed by atoms with E-state index in [9.17, 15) is 4.79 Å². The number of morpholine rings is 1. The highest BCUT2D eigenvalue weighted by atomic mass is 16.5. The fourth-order valence-corrected chi connectivity index (χ4v) is 2.31. The summed E-state index contributed by atoms with van der Waals surface area (Å²) in [6, 6.07) is 0. The molecule has 18 heavy (non-hydrogen) atoms. The average molecular weight is 253 g/mol. The number of nitrogens with one attached hydrogen (secondary N) is 1.